The third-order valence-electron chi connectivity index (χ3n) is 10.9. The van der Waals surface area contributed by atoms with E-state index in [-0.39, 0.29) is 59.3 Å². The number of allylic oxidation sites excluding steroid dienone is 4. The number of aliphatic hydroxyl groups is 4. The maximum atomic E-state index is 12.3. The Labute approximate surface area is 402 Å². The fourth-order valence-corrected chi connectivity index (χ4v) is 6.24. The van der Waals surface area contributed by atoms with Gasteiger partial charge in [-0.05, 0) is 113 Å². The first-order valence-corrected chi connectivity index (χ1v) is 22.5. The van der Waals surface area contributed by atoms with Gasteiger partial charge in [0, 0.05) is 39.8 Å². The lowest BCUT2D eigenvalue weighted by atomic mass is 9.93. The van der Waals surface area contributed by atoms with Crippen molar-refractivity contribution >= 4 is 45.4 Å². The van der Waals surface area contributed by atoms with Gasteiger partial charge < -0.3 is 58.3 Å². The van der Waals surface area contributed by atoms with Crippen LogP contribution in [0.5, 0.6) is 23.0 Å². The molecule has 4 N–H and O–H groups in total. The Hall–Kier alpha value is -6.72. The minimum Gasteiger partial charge on any atom is -0.491 e. The summed E-state index contributed by atoms with van der Waals surface area (Å²) in [6.45, 7) is 11.0. The van der Waals surface area contributed by atoms with Crippen molar-refractivity contribution in [2.45, 2.75) is 86.2 Å². The highest BCUT2D eigenvalue weighted by molar-refractivity contribution is 5.93. The molecular formula is C53H64O16. The van der Waals surface area contributed by atoms with E-state index < -0.39 is 48.3 Å². The summed E-state index contributed by atoms with van der Waals surface area (Å²) in [6.07, 6.45) is 1.79. The van der Waals surface area contributed by atoms with Crippen LogP contribution in [0, 0.1) is 0 Å². The lowest BCUT2D eigenvalue weighted by molar-refractivity contribution is -0.143. The second kappa shape index (κ2) is 27.3. The summed E-state index contributed by atoms with van der Waals surface area (Å²) in [5, 5.41) is 45.9. The first kappa shape index (κ1) is 54.9. The van der Waals surface area contributed by atoms with E-state index >= 15 is 0 Å². The summed E-state index contributed by atoms with van der Waals surface area (Å²) in [5.41, 5.74) is 2.75. The zero-order valence-corrected chi connectivity index (χ0v) is 40.4. The molecule has 0 aliphatic rings. The van der Waals surface area contributed by atoms with Crippen LogP contribution in [0.15, 0.2) is 107 Å². The standard InChI is InChI=1S/C53H64O16/c1-9-32(5)50(58)66-28-38(54)24-62-42-17-13-36-15-19-48(64-26-40(56)30-68-52(60)34(7)11-3)46(44(36)21-42)23-47-45-22-43(63-25-39(55)29-67-51(59)33(6)10-2)18-14-37(45)16-20-49(47)65-27-41(57)31-69-53(61)35(8)12-4/h9-22,38-41,54-57H,23-31H2,1-8H3/b32-9+,33-10+,34-11-,35-12+. The minimum atomic E-state index is -1.21. The van der Waals surface area contributed by atoms with E-state index in [0.717, 1.165) is 10.8 Å². The zero-order valence-electron chi connectivity index (χ0n) is 40.4. The lowest BCUT2D eigenvalue weighted by Crippen LogP contribution is -2.26. The van der Waals surface area contributed by atoms with E-state index in [9.17, 15) is 39.6 Å². The lowest BCUT2D eigenvalue weighted by Gasteiger charge is -2.21. The smallest absolute Gasteiger partial charge is 0.333 e. The summed E-state index contributed by atoms with van der Waals surface area (Å²) >= 11 is 0. The number of esters is 4. The van der Waals surface area contributed by atoms with E-state index in [1.807, 2.05) is 24.3 Å². The van der Waals surface area contributed by atoms with Gasteiger partial charge in [0.2, 0.25) is 0 Å². The van der Waals surface area contributed by atoms with Crippen molar-refractivity contribution in [2.24, 2.45) is 0 Å². The van der Waals surface area contributed by atoms with Crippen molar-refractivity contribution in [1.82, 2.24) is 0 Å². The highest BCUT2D eigenvalue weighted by atomic mass is 16.6. The van der Waals surface area contributed by atoms with Crippen molar-refractivity contribution < 1.29 is 77.5 Å². The molecule has 372 valence electrons. The molecule has 0 saturated carbocycles. The number of fused-ring (bicyclic) bond motifs is 2. The Bertz CT molecular complexity index is 2350. The van der Waals surface area contributed by atoms with Gasteiger partial charge in [0.25, 0.3) is 0 Å². The Morgan fingerprint density at radius 3 is 0.986 bits per heavy atom. The van der Waals surface area contributed by atoms with Gasteiger partial charge in [-0.1, -0.05) is 48.6 Å². The molecule has 0 bridgehead atoms. The van der Waals surface area contributed by atoms with E-state index in [4.69, 9.17) is 37.9 Å². The van der Waals surface area contributed by atoms with Gasteiger partial charge in [0.1, 0.15) is 100 Å². The molecule has 0 aliphatic carbocycles. The van der Waals surface area contributed by atoms with Crippen LogP contribution in [0.25, 0.3) is 21.5 Å². The third kappa shape index (κ3) is 16.8. The molecule has 0 radical (unpaired) electrons. The Morgan fingerprint density at radius 2 is 0.696 bits per heavy atom. The summed E-state index contributed by atoms with van der Waals surface area (Å²) in [6, 6.07) is 17.7. The largest absolute Gasteiger partial charge is 0.491 e. The van der Waals surface area contributed by atoms with Crippen LogP contribution < -0.4 is 18.9 Å². The van der Waals surface area contributed by atoms with Crippen LogP contribution in [0.4, 0.5) is 0 Å². The second-order valence-corrected chi connectivity index (χ2v) is 16.2. The molecule has 0 fully saturated rings. The number of rotatable bonds is 26. The average molecular weight is 957 g/mol. The number of aliphatic hydroxyl groups excluding tert-OH is 4. The van der Waals surface area contributed by atoms with Gasteiger partial charge in [-0.25, -0.2) is 19.2 Å². The van der Waals surface area contributed by atoms with Gasteiger partial charge in [-0.15, -0.1) is 0 Å². The van der Waals surface area contributed by atoms with Gasteiger partial charge in [0.05, 0.1) is 0 Å². The van der Waals surface area contributed by atoms with Crippen LogP contribution in [0.2, 0.25) is 0 Å². The van der Waals surface area contributed by atoms with Gasteiger partial charge in [-0.3, -0.25) is 0 Å². The molecule has 0 saturated heterocycles. The molecule has 16 nitrogen and oxygen atoms in total. The maximum Gasteiger partial charge on any atom is 0.333 e. The number of carbonyl (C=O) groups is 4. The number of benzene rings is 4. The van der Waals surface area contributed by atoms with E-state index in [2.05, 4.69) is 0 Å². The Kier molecular flexibility index (Phi) is 21.7. The van der Waals surface area contributed by atoms with E-state index in [1.165, 1.54) is 0 Å². The van der Waals surface area contributed by atoms with Crippen LogP contribution in [-0.2, 0) is 44.5 Å². The van der Waals surface area contributed by atoms with Gasteiger partial charge >= 0.3 is 23.9 Å². The van der Waals surface area contributed by atoms with Crippen molar-refractivity contribution in [2.75, 3.05) is 52.9 Å². The number of hydrogen-bond acceptors (Lipinski definition) is 16. The number of hydrogen-bond donors (Lipinski definition) is 4. The quantitative estimate of drug-likeness (QED) is 0.0296. The molecule has 4 aromatic rings. The summed E-state index contributed by atoms with van der Waals surface area (Å²) in [5.74, 6) is -0.856. The van der Waals surface area contributed by atoms with Crippen LogP contribution in [0.1, 0.15) is 66.5 Å². The van der Waals surface area contributed by atoms with Crippen LogP contribution in [0.3, 0.4) is 0 Å². The molecule has 0 aliphatic heterocycles. The summed E-state index contributed by atoms with van der Waals surface area (Å²) < 4.78 is 45.5. The van der Waals surface area contributed by atoms with Crippen molar-refractivity contribution in [1.29, 1.82) is 0 Å². The van der Waals surface area contributed by atoms with Gasteiger partial charge in [0.15, 0.2) is 0 Å². The van der Waals surface area contributed by atoms with Crippen molar-refractivity contribution in [3.8, 4) is 23.0 Å². The monoisotopic (exact) mass is 956 g/mol. The van der Waals surface area contributed by atoms with Crippen molar-refractivity contribution in [3.63, 3.8) is 0 Å². The third-order valence-corrected chi connectivity index (χ3v) is 10.9. The molecule has 4 rings (SSSR count). The SMILES string of the molecule is C/C=C(/C)C(=O)OCC(O)COc1ccc2ccc(OCC(O)COC(=O)/C(C)=C/C)cc2c1Cc1c(OCC(O)COC(=O)/C(C)=C/C)ccc2ccc(OCC(O)COC(=O)/C(C)=C/C)cc12. The molecule has 4 atom stereocenters. The highest BCUT2D eigenvalue weighted by Crippen LogP contribution is 2.38. The Morgan fingerprint density at radius 1 is 0.420 bits per heavy atom. The number of ether oxygens (including phenoxy) is 8. The Balaban J connectivity index is 1.77. The molecule has 0 heterocycles. The molecule has 4 unspecified atom stereocenters. The molecule has 0 spiro atoms. The zero-order chi connectivity index (χ0) is 50.6. The predicted molar refractivity (Wildman–Crippen MR) is 258 cm³/mol. The summed E-state index contributed by atoms with van der Waals surface area (Å²) in [7, 11) is 0. The topological polar surface area (TPSA) is 223 Å². The second-order valence-electron chi connectivity index (χ2n) is 16.2. The van der Waals surface area contributed by atoms with E-state index in [1.54, 1.807) is 116 Å². The molecule has 69 heavy (non-hydrogen) atoms. The molecule has 4 aromatic carbocycles. The molecule has 16 heteroatoms. The van der Waals surface area contributed by atoms with E-state index in [0.29, 0.717) is 67.2 Å². The average Bonchev–Trinajstić information content (AvgIpc) is 3.36. The maximum absolute atomic E-state index is 12.3. The van der Waals surface area contributed by atoms with Crippen molar-refractivity contribution in [3.05, 3.63) is 118 Å². The van der Waals surface area contributed by atoms with Crippen LogP contribution >= 0.6 is 0 Å². The predicted octanol–water partition coefficient (Wildman–Crippen LogP) is 6.58. The molecule has 0 amide bonds. The van der Waals surface area contributed by atoms with Gasteiger partial charge in [-0.2, -0.15) is 0 Å². The number of carbonyl (C=O) groups excluding carboxylic acids is 4. The summed E-state index contributed by atoms with van der Waals surface area (Å²) in [4.78, 5) is 49.0. The fraction of sp³-hybridized carbons (Fsp3) is 0.396. The fourth-order valence-electron chi connectivity index (χ4n) is 6.24. The highest BCUT2D eigenvalue weighted by Gasteiger charge is 2.21. The van der Waals surface area contributed by atoms with Crippen LogP contribution in [-0.4, -0.2) is 122 Å². The first-order valence-electron chi connectivity index (χ1n) is 22.5. The first-order chi connectivity index (χ1) is 33.0. The molecule has 0 aromatic heterocycles. The molecular weight excluding hydrogens is 893 g/mol. The normalized spacial score (nSPS) is 14.1. The minimum absolute atomic E-state index is 0.0924.